The molecule has 2 N–H and O–H groups in total. The molecule has 6 heteroatoms. The molecule has 0 saturated carbocycles. The van der Waals surface area contributed by atoms with E-state index < -0.39 is 0 Å². The molecule has 2 aromatic rings. The predicted octanol–water partition coefficient (Wildman–Crippen LogP) is 5.39. The molecule has 0 aliphatic heterocycles. The molecule has 36 heavy (non-hydrogen) atoms. The van der Waals surface area contributed by atoms with Crippen molar-refractivity contribution in [3.63, 3.8) is 0 Å². The lowest BCUT2D eigenvalue weighted by molar-refractivity contribution is -0.122. The molecule has 4 rings (SSSR count). The van der Waals surface area contributed by atoms with Crippen LogP contribution >= 0.6 is 0 Å². The number of hydrogen-bond donors (Lipinski definition) is 2. The van der Waals surface area contributed by atoms with Crippen LogP contribution in [0, 0.1) is 0 Å². The number of nitrogens with zero attached hydrogens (tertiary/aromatic N) is 2. The largest absolute Gasteiger partial charge is 0.273 e. The van der Waals surface area contributed by atoms with Crippen molar-refractivity contribution in [1.29, 1.82) is 0 Å². The van der Waals surface area contributed by atoms with E-state index in [0.29, 0.717) is 12.8 Å². The molecular weight excluding hydrogens is 448 g/mol. The second kappa shape index (κ2) is 13.7. The van der Waals surface area contributed by atoms with E-state index in [1.165, 1.54) is 47.9 Å². The van der Waals surface area contributed by atoms with Gasteiger partial charge in [0.15, 0.2) is 0 Å². The van der Waals surface area contributed by atoms with E-state index in [1.807, 2.05) is 0 Å². The summed E-state index contributed by atoms with van der Waals surface area (Å²) in [7, 11) is 0. The van der Waals surface area contributed by atoms with Crippen LogP contribution in [0.2, 0.25) is 0 Å². The summed E-state index contributed by atoms with van der Waals surface area (Å²) >= 11 is 0. The molecule has 0 aromatic heterocycles. The maximum atomic E-state index is 12.0. The minimum Gasteiger partial charge on any atom is -0.273 e. The van der Waals surface area contributed by atoms with Crippen molar-refractivity contribution in [2.75, 3.05) is 0 Å². The third kappa shape index (κ3) is 8.14. The average Bonchev–Trinajstić information content (AvgIpc) is 3.54. The molecule has 0 spiro atoms. The van der Waals surface area contributed by atoms with E-state index in [4.69, 9.17) is 0 Å². The summed E-state index contributed by atoms with van der Waals surface area (Å²) in [6.45, 7) is 0. The molecule has 0 atom stereocenters. The molecule has 2 amide bonds. The third-order valence-electron chi connectivity index (χ3n) is 7.11. The number of hydrogen-bond acceptors (Lipinski definition) is 4. The van der Waals surface area contributed by atoms with Crippen LogP contribution in [0.25, 0.3) is 0 Å². The molecule has 0 saturated heterocycles. The molecular formula is C30H38N4O2. The number of carbonyl (C=O) groups is 2. The predicted molar refractivity (Wildman–Crippen MR) is 145 cm³/mol. The highest BCUT2D eigenvalue weighted by atomic mass is 16.2. The van der Waals surface area contributed by atoms with Gasteiger partial charge < -0.3 is 0 Å². The van der Waals surface area contributed by atoms with Crippen LogP contribution in [0.15, 0.2) is 46.6 Å². The Kier molecular flexibility index (Phi) is 9.83. The Morgan fingerprint density at radius 2 is 1.03 bits per heavy atom. The molecule has 190 valence electrons. The van der Waals surface area contributed by atoms with Crippen molar-refractivity contribution in [3.8, 4) is 0 Å². The van der Waals surface area contributed by atoms with Crippen LogP contribution in [0.1, 0.15) is 97.6 Å². The Labute approximate surface area is 214 Å². The van der Waals surface area contributed by atoms with Crippen LogP contribution in [-0.4, -0.2) is 24.2 Å². The van der Waals surface area contributed by atoms with Crippen LogP contribution in [0.3, 0.4) is 0 Å². The second-order valence-electron chi connectivity index (χ2n) is 9.97. The van der Waals surface area contributed by atoms with Crippen molar-refractivity contribution < 1.29 is 9.59 Å². The molecule has 0 unspecified atom stereocenters. The first kappa shape index (κ1) is 25.8. The zero-order chi connectivity index (χ0) is 25.0. The Morgan fingerprint density at radius 3 is 1.50 bits per heavy atom. The molecule has 0 fully saturated rings. The van der Waals surface area contributed by atoms with E-state index in [-0.39, 0.29) is 11.8 Å². The van der Waals surface area contributed by atoms with Gasteiger partial charge in [0.1, 0.15) is 0 Å². The fourth-order valence-electron chi connectivity index (χ4n) is 5.09. The Morgan fingerprint density at radius 1 is 0.611 bits per heavy atom. The van der Waals surface area contributed by atoms with Crippen molar-refractivity contribution in [1.82, 2.24) is 10.9 Å². The van der Waals surface area contributed by atoms with Gasteiger partial charge in [-0.15, -0.1) is 0 Å². The minimum absolute atomic E-state index is 0.0375. The third-order valence-corrected chi connectivity index (χ3v) is 7.11. The van der Waals surface area contributed by atoms with Gasteiger partial charge in [-0.25, -0.2) is 10.9 Å². The summed E-state index contributed by atoms with van der Waals surface area (Å²) in [6.07, 6.45) is 17.4. The molecule has 0 bridgehead atoms. The Bertz CT molecular complexity index is 1020. The number of carbonyl (C=O) groups excluding carboxylic acids is 2. The number of benzene rings is 2. The Balaban J connectivity index is 0.984. The van der Waals surface area contributed by atoms with Gasteiger partial charge in [-0.1, -0.05) is 49.9 Å². The first-order chi connectivity index (χ1) is 17.7. The maximum absolute atomic E-state index is 12.0. The van der Waals surface area contributed by atoms with Gasteiger partial charge >= 0.3 is 0 Å². The monoisotopic (exact) mass is 486 g/mol. The fraction of sp³-hybridized carbons (Fsp3) is 0.467. The zero-order valence-corrected chi connectivity index (χ0v) is 21.2. The van der Waals surface area contributed by atoms with Crippen LogP contribution < -0.4 is 10.9 Å². The van der Waals surface area contributed by atoms with Crippen LogP contribution in [0.5, 0.6) is 0 Å². The van der Waals surface area contributed by atoms with Gasteiger partial charge in [0, 0.05) is 12.8 Å². The number of hydrazone groups is 2. The lowest BCUT2D eigenvalue weighted by Crippen LogP contribution is -2.17. The molecule has 0 heterocycles. The van der Waals surface area contributed by atoms with Crippen molar-refractivity contribution in [2.45, 2.75) is 89.9 Å². The minimum atomic E-state index is -0.0375. The summed E-state index contributed by atoms with van der Waals surface area (Å²) in [5.74, 6) is -0.0750. The van der Waals surface area contributed by atoms with E-state index >= 15 is 0 Å². The average molecular weight is 487 g/mol. The molecule has 2 aliphatic rings. The van der Waals surface area contributed by atoms with Gasteiger partial charge in [0.05, 0.1) is 12.4 Å². The summed E-state index contributed by atoms with van der Waals surface area (Å²) in [5, 5.41) is 8.21. The molecule has 2 aromatic carbocycles. The lowest BCUT2D eigenvalue weighted by atomic mass is 10.1. The summed E-state index contributed by atoms with van der Waals surface area (Å²) < 4.78 is 0. The van der Waals surface area contributed by atoms with Gasteiger partial charge in [0.25, 0.3) is 0 Å². The first-order valence-corrected chi connectivity index (χ1v) is 13.5. The van der Waals surface area contributed by atoms with Gasteiger partial charge in [-0.05, 0) is 96.9 Å². The second-order valence-corrected chi connectivity index (χ2v) is 9.97. The van der Waals surface area contributed by atoms with Gasteiger partial charge in [-0.2, -0.15) is 10.2 Å². The lowest BCUT2D eigenvalue weighted by Gasteiger charge is -2.03. The maximum Gasteiger partial charge on any atom is 0.240 e. The number of fused-ring (bicyclic) bond motifs is 2. The number of aryl methyl sites for hydroxylation is 4. The highest BCUT2D eigenvalue weighted by Crippen LogP contribution is 2.23. The normalized spacial score (nSPS) is 14.3. The van der Waals surface area contributed by atoms with Crippen molar-refractivity contribution in [2.24, 2.45) is 10.2 Å². The molecule has 6 nitrogen and oxygen atoms in total. The zero-order valence-electron chi connectivity index (χ0n) is 21.2. The number of amides is 2. The van der Waals surface area contributed by atoms with Gasteiger partial charge in [-0.3, -0.25) is 9.59 Å². The topological polar surface area (TPSA) is 82.9 Å². The summed E-state index contributed by atoms with van der Waals surface area (Å²) in [6, 6.07) is 12.8. The van der Waals surface area contributed by atoms with Crippen LogP contribution in [0.4, 0.5) is 0 Å². The SMILES string of the molecule is O=C(CCCCCCCCC(=O)N/N=C/c1ccc2c(c1)CCC2)N/N=C/c1ccc2c(c1)CCC2. The standard InChI is InChI=1S/C30H38N4O2/c35-29(33-31-21-23-15-17-25-9-7-11-27(25)19-23)13-5-3-1-2-4-6-14-30(36)34-32-22-24-16-18-26-10-8-12-28(26)20-24/h15-22H,1-14H2,(H,33,35)(H,34,36)/b31-21+,32-22+. The highest BCUT2D eigenvalue weighted by Gasteiger charge is 2.11. The van der Waals surface area contributed by atoms with Gasteiger partial charge in [0.2, 0.25) is 11.8 Å². The van der Waals surface area contributed by atoms with Crippen LogP contribution in [-0.2, 0) is 35.3 Å². The summed E-state index contributed by atoms with van der Waals surface area (Å²) in [5.41, 5.74) is 13.0. The van der Waals surface area contributed by atoms with Crippen molar-refractivity contribution >= 4 is 24.2 Å². The number of unbranched alkanes of at least 4 members (excludes halogenated alkanes) is 5. The Hall–Kier alpha value is -3.28. The van der Waals surface area contributed by atoms with Crippen molar-refractivity contribution in [3.05, 3.63) is 69.8 Å². The fourth-order valence-corrected chi connectivity index (χ4v) is 5.09. The number of nitrogens with one attached hydrogen (secondary N) is 2. The molecule has 2 aliphatic carbocycles. The molecule has 0 radical (unpaired) electrons. The van der Waals surface area contributed by atoms with E-state index in [0.717, 1.165) is 62.5 Å². The first-order valence-electron chi connectivity index (χ1n) is 13.5. The smallest absolute Gasteiger partial charge is 0.240 e. The quantitative estimate of drug-likeness (QED) is 0.226. The number of rotatable bonds is 13. The van der Waals surface area contributed by atoms with E-state index in [2.05, 4.69) is 57.5 Å². The van der Waals surface area contributed by atoms with E-state index in [1.54, 1.807) is 12.4 Å². The highest BCUT2D eigenvalue weighted by molar-refractivity contribution is 5.83. The summed E-state index contributed by atoms with van der Waals surface area (Å²) in [4.78, 5) is 24.0. The van der Waals surface area contributed by atoms with E-state index in [9.17, 15) is 9.59 Å².